The minimum absolute atomic E-state index is 0.374. The lowest BCUT2D eigenvalue weighted by atomic mass is 9.88. The molecule has 2 nitrogen and oxygen atoms in total. The highest BCUT2D eigenvalue weighted by atomic mass is 79.9. The summed E-state index contributed by atoms with van der Waals surface area (Å²) >= 11 is 7.88. The van der Waals surface area contributed by atoms with Gasteiger partial charge in [0.1, 0.15) is 7.28 Å². The van der Waals surface area contributed by atoms with Crippen LogP contribution in [-0.2, 0) is 9.53 Å². The van der Waals surface area contributed by atoms with Crippen LogP contribution in [0.15, 0.2) is 23.8 Å². The Morgan fingerprint density at radius 1 is 1.47 bits per heavy atom. The molecule has 0 aliphatic heterocycles. The second-order valence-corrected chi connectivity index (χ2v) is 3.26. The standard InChI is InChI=1S/C8H9BrO2S.C2H6B.C2H6/c1-3-6(4-9)7(5-12)8(10)11-2;1-3-2;1-2/h3,5H,1,4H2,2H3;1-2H3;1-2H3/b7-6-;;. The number of carbonyl (C=O) groups excluding carboxylic acids is 1. The summed E-state index contributed by atoms with van der Waals surface area (Å²) in [5.74, 6) is -0.431. The number of hydrogen-bond acceptors (Lipinski definition) is 3. The van der Waals surface area contributed by atoms with E-state index in [-0.39, 0.29) is 0 Å². The molecule has 0 bridgehead atoms. The molecule has 0 amide bonds. The lowest BCUT2D eigenvalue weighted by Crippen LogP contribution is -2.08. The fourth-order valence-electron chi connectivity index (χ4n) is 0.601. The maximum absolute atomic E-state index is 11.1. The zero-order chi connectivity index (χ0) is 14.3. The number of carbonyl (C=O) groups is 1. The highest BCUT2D eigenvalue weighted by Crippen LogP contribution is 2.08. The van der Waals surface area contributed by atoms with Crippen molar-refractivity contribution in [1.29, 1.82) is 0 Å². The van der Waals surface area contributed by atoms with Crippen molar-refractivity contribution in [3.63, 3.8) is 0 Å². The number of rotatable bonds is 4. The fourth-order valence-corrected chi connectivity index (χ4v) is 1.38. The monoisotopic (exact) mass is 319 g/mol. The number of ether oxygens (including phenoxy) is 1. The molecule has 97 valence electrons. The van der Waals surface area contributed by atoms with Crippen molar-refractivity contribution in [2.45, 2.75) is 27.5 Å². The molecule has 0 aliphatic rings. The third kappa shape index (κ3) is 11.8. The Morgan fingerprint density at radius 3 is 2.06 bits per heavy atom. The van der Waals surface area contributed by atoms with Crippen LogP contribution in [0.2, 0.25) is 13.6 Å². The highest BCUT2D eigenvalue weighted by molar-refractivity contribution is 9.09. The molecule has 0 saturated heterocycles. The third-order valence-electron chi connectivity index (χ3n) is 1.26. The van der Waals surface area contributed by atoms with Crippen LogP contribution in [0.1, 0.15) is 13.8 Å². The van der Waals surface area contributed by atoms with Crippen LogP contribution < -0.4 is 0 Å². The van der Waals surface area contributed by atoms with Crippen LogP contribution in [-0.4, -0.2) is 31.1 Å². The van der Waals surface area contributed by atoms with E-state index in [1.54, 1.807) is 6.08 Å². The Morgan fingerprint density at radius 2 is 1.88 bits per heavy atom. The van der Waals surface area contributed by atoms with Crippen molar-refractivity contribution < 1.29 is 9.53 Å². The van der Waals surface area contributed by atoms with Crippen molar-refractivity contribution in [1.82, 2.24) is 0 Å². The van der Waals surface area contributed by atoms with Crippen molar-refractivity contribution in [3.8, 4) is 0 Å². The van der Waals surface area contributed by atoms with E-state index >= 15 is 0 Å². The van der Waals surface area contributed by atoms with E-state index in [0.717, 1.165) is 5.57 Å². The van der Waals surface area contributed by atoms with Gasteiger partial charge in [0.15, 0.2) is 0 Å². The van der Waals surface area contributed by atoms with Crippen LogP contribution >= 0.6 is 28.1 Å². The van der Waals surface area contributed by atoms with Crippen LogP contribution in [0.4, 0.5) is 0 Å². The Bertz CT molecular complexity index is 253. The Labute approximate surface area is 120 Å². The molecular weight excluding hydrogens is 299 g/mol. The van der Waals surface area contributed by atoms with Gasteiger partial charge in [0.05, 0.1) is 12.7 Å². The minimum atomic E-state index is -0.431. The molecule has 0 aromatic rings. The van der Waals surface area contributed by atoms with Gasteiger partial charge < -0.3 is 4.74 Å². The molecule has 0 unspecified atom stereocenters. The Kier molecular flexibility index (Phi) is 23.1. The molecule has 0 fully saturated rings. The molecule has 0 saturated carbocycles. The maximum Gasteiger partial charge on any atom is 0.339 e. The summed E-state index contributed by atoms with van der Waals surface area (Å²) < 4.78 is 4.52. The largest absolute Gasteiger partial charge is 0.465 e. The molecule has 0 heterocycles. The van der Waals surface area contributed by atoms with Gasteiger partial charge in [-0.15, -0.1) is 0 Å². The van der Waals surface area contributed by atoms with Crippen molar-refractivity contribution in [2.75, 3.05) is 12.4 Å². The van der Waals surface area contributed by atoms with Crippen molar-refractivity contribution in [3.05, 3.63) is 23.8 Å². The lowest BCUT2D eigenvalue weighted by Gasteiger charge is -2.02. The molecule has 0 aromatic carbocycles. The van der Waals surface area contributed by atoms with E-state index in [1.165, 1.54) is 12.5 Å². The van der Waals surface area contributed by atoms with E-state index in [9.17, 15) is 4.79 Å². The highest BCUT2D eigenvalue weighted by Gasteiger charge is 2.09. The summed E-state index contributed by atoms with van der Waals surface area (Å²) in [6, 6.07) is 0. The zero-order valence-corrected chi connectivity index (χ0v) is 13.7. The Balaban J connectivity index is -0.000000337. The number of methoxy groups -OCH3 is 1. The first-order valence-corrected chi connectivity index (χ1v) is 6.91. The minimum Gasteiger partial charge on any atom is -0.465 e. The molecule has 5 heteroatoms. The van der Waals surface area contributed by atoms with E-state index in [1.807, 2.05) is 34.8 Å². The van der Waals surface area contributed by atoms with Crippen LogP contribution in [0.3, 0.4) is 0 Å². The van der Waals surface area contributed by atoms with Crippen LogP contribution in [0.25, 0.3) is 0 Å². The van der Waals surface area contributed by atoms with Gasteiger partial charge in [-0.3, -0.25) is 0 Å². The number of alkyl halides is 1. The van der Waals surface area contributed by atoms with Gasteiger partial charge in [-0.2, -0.15) is 0 Å². The summed E-state index contributed by atoms with van der Waals surface area (Å²) in [6.07, 6.45) is 1.57. The van der Waals surface area contributed by atoms with E-state index in [0.29, 0.717) is 10.9 Å². The first kappa shape index (κ1) is 21.8. The summed E-state index contributed by atoms with van der Waals surface area (Å²) in [5, 5.41) is 1.83. The van der Waals surface area contributed by atoms with Crippen molar-refractivity contribution in [2.24, 2.45) is 0 Å². The molecule has 0 spiro atoms. The summed E-state index contributed by atoms with van der Waals surface area (Å²) in [5.41, 5.74) is 1.11. The smallest absolute Gasteiger partial charge is 0.339 e. The van der Waals surface area contributed by atoms with Gasteiger partial charge in [0.2, 0.25) is 0 Å². The summed E-state index contributed by atoms with van der Waals surface area (Å²) in [4.78, 5) is 11.1. The van der Waals surface area contributed by atoms with Gasteiger partial charge in [-0.1, -0.05) is 68.3 Å². The Hall–Kier alpha value is -0.415. The second-order valence-electron chi connectivity index (χ2n) is 2.46. The second kappa shape index (κ2) is 18.0. The maximum atomic E-state index is 11.1. The normalized spacial score (nSPS) is 9.29. The predicted octanol–water partition coefficient (Wildman–Crippen LogP) is 3.85. The lowest BCUT2D eigenvalue weighted by molar-refractivity contribution is -0.135. The number of allylic oxidation sites excluding steroid dienone is 2. The van der Waals surface area contributed by atoms with Gasteiger partial charge in [-0.25, -0.2) is 4.79 Å². The molecule has 0 N–H and O–H groups in total. The van der Waals surface area contributed by atoms with E-state index in [4.69, 9.17) is 0 Å². The number of thiocarbonyl (C=S) groups is 1. The zero-order valence-electron chi connectivity index (χ0n) is 11.2. The predicted molar refractivity (Wildman–Crippen MR) is 85.5 cm³/mol. The molecule has 0 aliphatic carbocycles. The van der Waals surface area contributed by atoms with Gasteiger partial charge in [0.25, 0.3) is 0 Å². The van der Waals surface area contributed by atoms with E-state index in [2.05, 4.69) is 39.5 Å². The summed E-state index contributed by atoms with van der Waals surface area (Å²) in [7, 11) is 3.32. The van der Waals surface area contributed by atoms with Crippen LogP contribution in [0, 0.1) is 0 Å². The molecule has 17 heavy (non-hydrogen) atoms. The van der Waals surface area contributed by atoms with Crippen LogP contribution in [0.5, 0.6) is 0 Å². The van der Waals surface area contributed by atoms with Gasteiger partial charge in [0, 0.05) is 10.7 Å². The molecule has 0 atom stereocenters. The first-order valence-electron chi connectivity index (χ1n) is 5.31. The van der Waals surface area contributed by atoms with E-state index < -0.39 is 5.97 Å². The molecule has 0 rings (SSSR count). The van der Waals surface area contributed by atoms with Gasteiger partial charge >= 0.3 is 5.97 Å². The molecule has 1 radical (unpaired) electrons. The molecular formula is C12H21BBrO2S. The number of esters is 1. The van der Waals surface area contributed by atoms with Crippen molar-refractivity contribution >= 4 is 46.8 Å². The topological polar surface area (TPSA) is 26.3 Å². The average Bonchev–Trinajstić information content (AvgIpc) is 2.38. The third-order valence-corrected chi connectivity index (χ3v) is 2.10. The SMILES string of the molecule is C=C/C(CBr)=C(\C=S)C(=O)OC.CC.C[B]C. The average molecular weight is 320 g/mol. The fraction of sp³-hybridized carbons (Fsp3) is 0.500. The van der Waals surface area contributed by atoms with Gasteiger partial charge in [-0.05, 0) is 5.57 Å². The number of hydrogen-bond donors (Lipinski definition) is 0. The molecule has 0 aromatic heterocycles. The first-order chi connectivity index (χ1) is 8.12. The summed E-state index contributed by atoms with van der Waals surface area (Å²) in [6.45, 7) is 11.6. The quantitative estimate of drug-likeness (QED) is 0.197. The number of halogens is 1.